The van der Waals surface area contributed by atoms with Crippen molar-refractivity contribution in [3.63, 3.8) is 0 Å². The van der Waals surface area contributed by atoms with Crippen molar-refractivity contribution in [2.45, 2.75) is 59.5 Å². The fraction of sp³-hybridized carbons (Fsp3) is 1.00. The first-order valence-corrected chi connectivity index (χ1v) is 6.82. The van der Waals surface area contributed by atoms with Crippen LogP contribution >= 0.6 is 0 Å². The third-order valence-electron chi connectivity index (χ3n) is 3.87. The summed E-state index contributed by atoms with van der Waals surface area (Å²) in [6.07, 6.45) is 1.25. The smallest absolute Gasteiger partial charge is 0.0218 e. The monoisotopic (exact) mass is 226 g/mol. The Labute approximate surface area is 102 Å². The molecule has 1 rings (SSSR count). The maximum atomic E-state index is 3.64. The van der Waals surface area contributed by atoms with Crippen molar-refractivity contribution in [1.82, 2.24) is 10.2 Å². The van der Waals surface area contributed by atoms with E-state index in [-0.39, 0.29) is 5.54 Å². The average Bonchev–Trinajstić information content (AvgIpc) is 2.46. The van der Waals surface area contributed by atoms with E-state index in [9.17, 15) is 0 Å². The Morgan fingerprint density at radius 2 is 1.69 bits per heavy atom. The van der Waals surface area contributed by atoms with E-state index in [0.29, 0.717) is 6.04 Å². The zero-order valence-electron chi connectivity index (χ0n) is 12.0. The molecule has 0 amide bonds. The zero-order valence-corrected chi connectivity index (χ0v) is 12.0. The Balaban J connectivity index is 2.43. The van der Waals surface area contributed by atoms with E-state index in [2.05, 4.69) is 51.8 Å². The highest BCUT2D eigenvalue weighted by molar-refractivity contribution is 4.85. The summed E-state index contributed by atoms with van der Waals surface area (Å²) in [7, 11) is 0. The first-order chi connectivity index (χ1) is 7.33. The lowest BCUT2D eigenvalue weighted by molar-refractivity contribution is 0.207. The van der Waals surface area contributed by atoms with E-state index in [0.717, 1.165) is 18.4 Å². The Morgan fingerprint density at radius 3 is 2.06 bits per heavy atom. The third-order valence-corrected chi connectivity index (χ3v) is 3.87. The molecule has 0 bridgehead atoms. The lowest BCUT2D eigenvalue weighted by atomic mass is 10.0. The van der Waals surface area contributed by atoms with Crippen molar-refractivity contribution in [2.24, 2.45) is 11.8 Å². The van der Waals surface area contributed by atoms with Crippen LogP contribution in [0.15, 0.2) is 0 Å². The molecule has 0 saturated carbocycles. The number of hydrogen-bond acceptors (Lipinski definition) is 2. The van der Waals surface area contributed by atoms with Crippen LogP contribution < -0.4 is 5.32 Å². The largest absolute Gasteiger partial charge is 0.311 e. The van der Waals surface area contributed by atoms with Gasteiger partial charge in [-0.15, -0.1) is 0 Å². The zero-order chi connectivity index (χ0) is 12.3. The Kier molecular flexibility index (Phi) is 4.81. The summed E-state index contributed by atoms with van der Waals surface area (Å²) in [6, 6.07) is 0.714. The molecule has 96 valence electrons. The molecule has 3 atom stereocenters. The van der Waals surface area contributed by atoms with Crippen molar-refractivity contribution >= 4 is 0 Å². The lowest BCUT2D eigenvalue weighted by Crippen LogP contribution is -2.46. The van der Waals surface area contributed by atoms with E-state index < -0.39 is 0 Å². The fourth-order valence-corrected chi connectivity index (χ4v) is 2.43. The minimum absolute atomic E-state index is 0.240. The summed E-state index contributed by atoms with van der Waals surface area (Å²) in [5.41, 5.74) is 0.240. The van der Waals surface area contributed by atoms with Gasteiger partial charge in [0.05, 0.1) is 0 Å². The average molecular weight is 226 g/mol. The summed E-state index contributed by atoms with van der Waals surface area (Å²) < 4.78 is 0. The highest BCUT2D eigenvalue weighted by Gasteiger charge is 2.30. The van der Waals surface area contributed by atoms with Crippen LogP contribution in [-0.4, -0.2) is 36.1 Å². The summed E-state index contributed by atoms with van der Waals surface area (Å²) in [5.74, 6) is 1.73. The normalized spacial score (nSPS) is 29.6. The van der Waals surface area contributed by atoms with Crippen molar-refractivity contribution in [2.75, 3.05) is 19.6 Å². The van der Waals surface area contributed by atoms with E-state index in [1.54, 1.807) is 0 Å². The minimum atomic E-state index is 0.240. The molecule has 1 heterocycles. The van der Waals surface area contributed by atoms with E-state index in [4.69, 9.17) is 0 Å². The Bertz CT molecular complexity index is 197. The second kappa shape index (κ2) is 5.50. The molecule has 1 saturated heterocycles. The molecule has 0 radical (unpaired) electrons. The van der Waals surface area contributed by atoms with Crippen LogP contribution in [0, 0.1) is 11.8 Å². The quantitative estimate of drug-likeness (QED) is 0.793. The minimum Gasteiger partial charge on any atom is -0.311 e. The van der Waals surface area contributed by atoms with Crippen molar-refractivity contribution < 1.29 is 0 Å². The molecule has 0 aromatic rings. The van der Waals surface area contributed by atoms with Gasteiger partial charge in [0, 0.05) is 31.2 Å². The van der Waals surface area contributed by atoms with Crippen LogP contribution in [0.25, 0.3) is 0 Å². The first-order valence-electron chi connectivity index (χ1n) is 6.82. The Hall–Kier alpha value is -0.0800. The SMILES string of the molecule is CCC(CNC(C)(C)C)N1CC(C)C(C)C1. The fourth-order valence-electron chi connectivity index (χ4n) is 2.43. The molecule has 2 heteroatoms. The Morgan fingerprint density at radius 1 is 1.19 bits per heavy atom. The summed E-state index contributed by atoms with van der Waals surface area (Å²) in [6.45, 7) is 17.5. The van der Waals surface area contributed by atoms with Crippen LogP contribution in [0.5, 0.6) is 0 Å². The molecule has 0 aliphatic carbocycles. The standard InChI is InChI=1S/C14H30N2/c1-7-13(8-15-14(4,5)6)16-9-11(2)12(3)10-16/h11-13,15H,7-10H2,1-6H3. The van der Waals surface area contributed by atoms with Gasteiger partial charge in [-0.05, 0) is 39.0 Å². The van der Waals surface area contributed by atoms with E-state index in [1.165, 1.54) is 19.5 Å². The summed E-state index contributed by atoms with van der Waals surface area (Å²) in [5, 5.41) is 3.64. The van der Waals surface area contributed by atoms with Gasteiger partial charge in [-0.1, -0.05) is 20.8 Å². The van der Waals surface area contributed by atoms with Crippen LogP contribution in [-0.2, 0) is 0 Å². The van der Waals surface area contributed by atoms with Gasteiger partial charge in [-0.2, -0.15) is 0 Å². The molecule has 1 fully saturated rings. The molecule has 1 N–H and O–H groups in total. The van der Waals surface area contributed by atoms with Crippen molar-refractivity contribution in [3.8, 4) is 0 Å². The predicted molar refractivity (Wildman–Crippen MR) is 71.7 cm³/mol. The molecular weight excluding hydrogens is 196 g/mol. The van der Waals surface area contributed by atoms with Gasteiger partial charge in [0.25, 0.3) is 0 Å². The van der Waals surface area contributed by atoms with Gasteiger partial charge < -0.3 is 5.32 Å². The van der Waals surface area contributed by atoms with Gasteiger partial charge in [-0.25, -0.2) is 0 Å². The van der Waals surface area contributed by atoms with Gasteiger partial charge in [-0.3, -0.25) is 4.90 Å². The van der Waals surface area contributed by atoms with Crippen LogP contribution in [0.4, 0.5) is 0 Å². The summed E-state index contributed by atoms with van der Waals surface area (Å²) >= 11 is 0. The molecule has 0 aromatic carbocycles. The lowest BCUT2D eigenvalue weighted by Gasteiger charge is -2.31. The van der Waals surface area contributed by atoms with Gasteiger partial charge in [0.2, 0.25) is 0 Å². The highest BCUT2D eigenvalue weighted by Crippen LogP contribution is 2.24. The van der Waals surface area contributed by atoms with Gasteiger partial charge in [0.15, 0.2) is 0 Å². The predicted octanol–water partition coefficient (Wildman–Crippen LogP) is 2.74. The molecule has 1 aliphatic rings. The van der Waals surface area contributed by atoms with Gasteiger partial charge in [0.1, 0.15) is 0 Å². The first kappa shape index (κ1) is 14.0. The number of nitrogens with one attached hydrogen (secondary N) is 1. The number of likely N-dealkylation sites (tertiary alicyclic amines) is 1. The van der Waals surface area contributed by atoms with E-state index in [1.807, 2.05) is 0 Å². The summed E-state index contributed by atoms with van der Waals surface area (Å²) in [4.78, 5) is 2.67. The van der Waals surface area contributed by atoms with Crippen molar-refractivity contribution in [1.29, 1.82) is 0 Å². The maximum absolute atomic E-state index is 3.64. The third kappa shape index (κ3) is 4.06. The molecule has 16 heavy (non-hydrogen) atoms. The number of nitrogens with zero attached hydrogens (tertiary/aromatic N) is 1. The molecular formula is C14H30N2. The number of hydrogen-bond donors (Lipinski definition) is 1. The van der Waals surface area contributed by atoms with Crippen LogP contribution in [0.3, 0.4) is 0 Å². The second-order valence-corrected chi connectivity index (χ2v) is 6.60. The van der Waals surface area contributed by atoms with Crippen LogP contribution in [0.1, 0.15) is 48.0 Å². The van der Waals surface area contributed by atoms with Crippen LogP contribution in [0.2, 0.25) is 0 Å². The topological polar surface area (TPSA) is 15.3 Å². The second-order valence-electron chi connectivity index (χ2n) is 6.60. The van der Waals surface area contributed by atoms with Gasteiger partial charge >= 0.3 is 0 Å². The maximum Gasteiger partial charge on any atom is 0.0218 e. The highest BCUT2D eigenvalue weighted by atomic mass is 15.2. The molecule has 0 aromatic heterocycles. The molecule has 0 spiro atoms. The number of rotatable bonds is 4. The molecule has 2 nitrogen and oxygen atoms in total. The molecule has 1 aliphatic heterocycles. The molecule has 3 unspecified atom stereocenters. The van der Waals surface area contributed by atoms with Crippen molar-refractivity contribution in [3.05, 3.63) is 0 Å². The van der Waals surface area contributed by atoms with E-state index >= 15 is 0 Å².